The van der Waals surface area contributed by atoms with Gasteiger partial charge in [0.15, 0.2) is 0 Å². The van der Waals surface area contributed by atoms with Gasteiger partial charge in [-0.05, 0) is 42.5 Å². The van der Waals surface area contributed by atoms with Crippen LogP contribution in [-0.2, 0) is 24.8 Å². The minimum absolute atomic E-state index is 0.0799. The number of benzene rings is 2. The fourth-order valence-electron chi connectivity index (χ4n) is 2.95. The maximum atomic E-state index is 12.7. The number of ether oxygens (including phenoxy) is 2. The SMILES string of the molecule is COc1ccc(N(CC(=O)Nc2ccc(S(=O)(=O)Nc3ncccn3)cc2)S(C)(=O)=O)c(OC)c1. The van der Waals surface area contributed by atoms with Crippen molar-refractivity contribution >= 4 is 43.3 Å². The molecule has 186 valence electrons. The monoisotopic (exact) mass is 521 g/mol. The Morgan fingerprint density at radius 1 is 0.971 bits per heavy atom. The van der Waals surface area contributed by atoms with Crippen LogP contribution in [0.2, 0.25) is 0 Å². The molecule has 0 aliphatic rings. The van der Waals surface area contributed by atoms with Gasteiger partial charge in [-0.2, -0.15) is 0 Å². The highest BCUT2D eigenvalue weighted by Gasteiger charge is 2.24. The summed E-state index contributed by atoms with van der Waals surface area (Å²) in [4.78, 5) is 20.2. The van der Waals surface area contributed by atoms with E-state index in [1.807, 2.05) is 0 Å². The fraction of sp³-hybridized carbons (Fsp3) is 0.190. The highest BCUT2D eigenvalue weighted by Crippen LogP contribution is 2.33. The van der Waals surface area contributed by atoms with E-state index in [9.17, 15) is 21.6 Å². The minimum atomic E-state index is -3.95. The number of anilines is 3. The lowest BCUT2D eigenvalue weighted by Gasteiger charge is -2.24. The third-order valence-electron chi connectivity index (χ3n) is 4.58. The van der Waals surface area contributed by atoms with Crippen molar-refractivity contribution < 1.29 is 31.1 Å². The lowest BCUT2D eigenvalue weighted by atomic mass is 10.2. The number of carbonyl (C=O) groups is 1. The molecule has 0 fully saturated rings. The van der Waals surface area contributed by atoms with Crippen molar-refractivity contribution in [2.24, 2.45) is 0 Å². The van der Waals surface area contributed by atoms with Crippen molar-refractivity contribution in [3.8, 4) is 11.5 Å². The van der Waals surface area contributed by atoms with Crippen LogP contribution in [-0.4, -0.2) is 59.7 Å². The Kier molecular flexibility index (Phi) is 7.76. The van der Waals surface area contributed by atoms with Crippen molar-refractivity contribution in [3.05, 3.63) is 60.9 Å². The molecule has 0 atom stereocenters. The van der Waals surface area contributed by atoms with E-state index in [0.29, 0.717) is 5.75 Å². The van der Waals surface area contributed by atoms with Gasteiger partial charge in [-0.3, -0.25) is 9.10 Å². The van der Waals surface area contributed by atoms with Gasteiger partial charge in [0.05, 0.1) is 31.1 Å². The van der Waals surface area contributed by atoms with Gasteiger partial charge in [-0.25, -0.2) is 31.5 Å². The first-order chi connectivity index (χ1) is 16.5. The Bertz CT molecular complexity index is 1400. The van der Waals surface area contributed by atoms with E-state index in [-0.39, 0.29) is 28.0 Å². The molecule has 3 aromatic rings. The molecule has 1 aromatic heterocycles. The molecule has 0 aliphatic carbocycles. The Morgan fingerprint density at radius 3 is 2.20 bits per heavy atom. The van der Waals surface area contributed by atoms with Crippen LogP contribution in [0.1, 0.15) is 0 Å². The maximum absolute atomic E-state index is 12.7. The van der Waals surface area contributed by atoms with Crippen LogP contribution in [0.3, 0.4) is 0 Å². The predicted octanol–water partition coefficient (Wildman–Crippen LogP) is 1.70. The number of rotatable bonds is 10. The number of aromatic nitrogens is 2. The third kappa shape index (κ3) is 6.58. The summed E-state index contributed by atoms with van der Waals surface area (Å²) < 4.78 is 63.3. The standard InChI is InChI=1S/C21H23N5O7S2/c1-32-16-7-10-18(19(13-16)33-2)26(34(3,28)29)14-20(27)24-15-5-8-17(9-6-15)35(30,31)25-21-22-11-4-12-23-21/h4-13H,14H2,1-3H3,(H,24,27)(H,22,23,25). The molecule has 14 heteroatoms. The van der Waals surface area contributed by atoms with Crippen LogP contribution in [0.15, 0.2) is 65.8 Å². The average molecular weight is 522 g/mol. The molecule has 2 aromatic carbocycles. The topological polar surface area (TPSA) is 157 Å². The second-order valence-corrected chi connectivity index (χ2v) is 10.6. The van der Waals surface area contributed by atoms with Gasteiger partial charge in [0, 0.05) is 24.1 Å². The number of hydrogen-bond donors (Lipinski definition) is 2. The Morgan fingerprint density at radius 2 is 1.63 bits per heavy atom. The third-order valence-corrected chi connectivity index (χ3v) is 7.05. The quantitative estimate of drug-likeness (QED) is 0.405. The number of nitrogens with zero attached hydrogens (tertiary/aromatic N) is 3. The zero-order valence-electron chi connectivity index (χ0n) is 19.0. The van der Waals surface area contributed by atoms with E-state index in [0.717, 1.165) is 10.6 Å². The van der Waals surface area contributed by atoms with Crippen LogP contribution in [0.5, 0.6) is 11.5 Å². The number of carbonyl (C=O) groups excluding carboxylic acids is 1. The molecule has 0 spiro atoms. The number of amides is 1. The van der Waals surface area contributed by atoms with E-state index >= 15 is 0 Å². The normalized spacial score (nSPS) is 11.4. The summed E-state index contributed by atoms with van der Waals surface area (Å²) in [5.74, 6) is -0.0849. The first-order valence-electron chi connectivity index (χ1n) is 9.93. The molecular formula is C21H23N5O7S2. The zero-order chi connectivity index (χ0) is 25.6. The second-order valence-electron chi connectivity index (χ2n) is 7.06. The molecule has 0 aliphatic heterocycles. The first-order valence-corrected chi connectivity index (χ1v) is 13.3. The summed E-state index contributed by atoms with van der Waals surface area (Å²) >= 11 is 0. The van der Waals surface area contributed by atoms with E-state index < -0.39 is 32.5 Å². The van der Waals surface area contributed by atoms with Crippen molar-refractivity contribution in [3.63, 3.8) is 0 Å². The molecule has 0 unspecified atom stereocenters. The van der Waals surface area contributed by atoms with Crippen LogP contribution < -0.4 is 23.8 Å². The van der Waals surface area contributed by atoms with Crippen molar-refractivity contribution in [1.29, 1.82) is 0 Å². The molecule has 0 bridgehead atoms. The number of sulfonamides is 2. The number of nitrogens with one attached hydrogen (secondary N) is 2. The van der Waals surface area contributed by atoms with Gasteiger partial charge in [0.25, 0.3) is 10.0 Å². The molecule has 12 nitrogen and oxygen atoms in total. The Hall–Kier alpha value is -3.91. The van der Waals surface area contributed by atoms with Crippen molar-refractivity contribution in [2.45, 2.75) is 4.90 Å². The van der Waals surface area contributed by atoms with Gasteiger partial charge in [-0.15, -0.1) is 0 Å². The van der Waals surface area contributed by atoms with E-state index in [1.54, 1.807) is 12.1 Å². The van der Waals surface area contributed by atoms with Gasteiger partial charge < -0.3 is 14.8 Å². The molecule has 0 saturated carbocycles. The van der Waals surface area contributed by atoms with Gasteiger partial charge in [0.1, 0.15) is 18.0 Å². The van der Waals surface area contributed by atoms with Crippen molar-refractivity contribution in [1.82, 2.24) is 9.97 Å². The molecule has 0 saturated heterocycles. The van der Waals surface area contributed by atoms with Gasteiger partial charge in [0.2, 0.25) is 21.9 Å². The molecular weight excluding hydrogens is 498 g/mol. The Balaban J connectivity index is 1.75. The first kappa shape index (κ1) is 25.7. The van der Waals surface area contributed by atoms with E-state index in [2.05, 4.69) is 20.0 Å². The van der Waals surface area contributed by atoms with E-state index in [1.165, 1.54) is 63.0 Å². The summed E-state index contributed by atoms with van der Waals surface area (Å²) in [7, 11) is -4.98. The van der Waals surface area contributed by atoms with Crippen LogP contribution in [0, 0.1) is 0 Å². The summed E-state index contributed by atoms with van der Waals surface area (Å²) in [5.41, 5.74) is 0.418. The largest absolute Gasteiger partial charge is 0.497 e. The van der Waals surface area contributed by atoms with Crippen LogP contribution in [0.4, 0.5) is 17.3 Å². The van der Waals surface area contributed by atoms with Crippen LogP contribution >= 0.6 is 0 Å². The lowest BCUT2D eigenvalue weighted by molar-refractivity contribution is -0.114. The molecule has 1 amide bonds. The zero-order valence-corrected chi connectivity index (χ0v) is 20.6. The average Bonchev–Trinajstić information content (AvgIpc) is 2.82. The lowest BCUT2D eigenvalue weighted by Crippen LogP contribution is -2.37. The smallest absolute Gasteiger partial charge is 0.264 e. The molecule has 3 rings (SSSR count). The van der Waals surface area contributed by atoms with Crippen molar-refractivity contribution in [2.75, 3.05) is 41.4 Å². The highest BCUT2D eigenvalue weighted by molar-refractivity contribution is 7.92. The maximum Gasteiger partial charge on any atom is 0.264 e. The number of methoxy groups -OCH3 is 2. The van der Waals surface area contributed by atoms with Gasteiger partial charge >= 0.3 is 0 Å². The summed E-state index contributed by atoms with van der Waals surface area (Å²) in [5, 5.41) is 2.55. The summed E-state index contributed by atoms with van der Waals surface area (Å²) in [6, 6.07) is 11.4. The molecule has 1 heterocycles. The van der Waals surface area contributed by atoms with E-state index in [4.69, 9.17) is 9.47 Å². The van der Waals surface area contributed by atoms with Gasteiger partial charge in [-0.1, -0.05) is 0 Å². The molecule has 0 radical (unpaired) electrons. The highest BCUT2D eigenvalue weighted by atomic mass is 32.2. The minimum Gasteiger partial charge on any atom is -0.497 e. The summed E-state index contributed by atoms with van der Waals surface area (Å²) in [6.07, 6.45) is 3.75. The second kappa shape index (κ2) is 10.6. The summed E-state index contributed by atoms with van der Waals surface area (Å²) in [6.45, 7) is -0.547. The fourth-order valence-corrected chi connectivity index (χ4v) is 4.77. The molecule has 2 N–H and O–H groups in total. The van der Waals surface area contributed by atoms with Crippen LogP contribution in [0.25, 0.3) is 0 Å². The number of hydrogen-bond acceptors (Lipinski definition) is 9. The molecule has 35 heavy (non-hydrogen) atoms. The predicted molar refractivity (Wildman–Crippen MR) is 130 cm³/mol. The Labute approximate surface area is 203 Å².